The molecule has 0 unspecified atom stereocenters. The van der Waals surface area contributed by atoms with Gasteiger partial charge in [0.1, 0.15) is 17.3 Å². The summed E-state index contributed by atoms with van der Waals surface area (Å²) in [5.74, 6) is -0.651. The number of aliphatic hydroxyl groups excluding tert-OH is 1. The van der Waals surface area contributed by atoms with Crippen LogP contribution in [-0.4, -0.2) is 28.6 Å². The Balaban J connectivity index is 2.47. The van der Waals surface area contributed by atoms with E-state index in [-0.39, 0.29) is 36.6 Å². The van der Waals surface area contributed by atoms with Gasteiger partial charge in [-0.25, -0.2) is 0 Å². The lowest BCUT2D eigenvalue weighted by atomic mass is 9.52. The van der Waals surface area contributed by atoms with Crippen LogP contribution in [0.2, 0.25) is 0 Å². The van der Waals surface area contributed by atoms with Gasteiger partial charge in [-0.05, 0) is 27.2 Å². The maximum Gasteiger partial charge on any atom is 0.144 e. The summed E-state index contributed by atoms with van der Waals surface area (Å²) in [4.78, 5) is 36.9. The largest absolute Gasteiger partial charge is 0.389 e. The first kappa shape index (κ1) is 15.1. The first-order chi connectivity index (χ1) is 9.11. The molecule has 0 aromatic heterocycles. The first-order valence-corrected chi connectivity index (χ1v) is 7.05. The molecule has 2 aliphatic rings. The molecule has 1 N–H and O–H groups in total. The zero-order valence-electron chi connectivity index (χ0n) is 12.5. The van der Waals surface area contributed by atoms with E-state index in [1.54, 1.807) is 26.8 Å². The van der Waals surface area contributed by atoms with Crippen LogP contribution in [0.15, 0.2) is 11.6 Å². The number of carbonyl (C=O) groups excluding carboxylic acids is 3. The number of ketones is 3. The summed E-state index contributed by atoms with van der Waals surface area (Å²) >= 11 is 0. The topological polar surface area (TPSA) is 71.4 Å². The monoisotopic (exact) mass is 278 g/mol. The van der Waals surface area contributed by atoms with E-state index in [1.165, 1.54) is 6.92 Å². The highest BCUT2D eigenvalue weighted by atomic mass is 16.3. The molecule has 0 bridgehead atoms. The summed E-state index contributed by atoms with van der Waals surface area (Å²) in [6, 6.07) is 0. The second-order valence-corrected chi connectivity index (χ2v) is 6.81. The lowest BCUT2D eigenvalue weighted by Gasteiger charge is -2.49. The number of aliphatic hydroxyl groups is 1. The Hall–Kier alpha value is -1.29. The third kappa shape index (κ3) is 2.06. The van der Waals surface area contributed by atoms with Crippen LogP contribution in [0.5, 0.6) is 0 Å². The van der Waals surface area contributed by atoms with Crippen molar-refractivity contribution in [1.29, 1.82) is 0 Å². The van der Waals surface area contributed by atoms with Gasteiger partial charge >= 0.3 is 0 Å². The van der Waals surface area contributed by atoms with Gasteiger partial charge in [0, 0.05) is 24.2 Å². The van der Waals surface area contributed by atoms with E-state index in [0.29, 0.717) is 0 Å². The molecule has 0 radical (unpaired) electrons. The van der Waals surface area contributed by atoms with E-state index >= 15 is 0 Å². The molecule has 4 atom stereocenters. The van der Waals surface area contributed by atoms with E-state index in [4.69, 9.17) is 0 Å². The average molecular weight is 278 g/mol. The van der Waals surface area contributed by atoms with Gasteiger partial charge in [0.2, 0.25) is 0 Å². The molecule has 0 saturated heterocycles. The van der Waals surface area contributed by atoms with Gasteiger partial charge < -0.3 is 5.11 Å². The molecular formula is C16H22O4. The fourth-order valence-electron chi connectivity index (χ4n) is 3.81. The second kappa shape index (κ2) is 4.62. The highest BCUT2D eigenvalue weighted by Gasteiger charge is 2.58. The fourth-order valence-corrected chi connectivity index (χ4v) is 3.81. The van der Waals surface area contributed by atoms with Crippen LogP contribution in [-0.2, 0) is 14.4 Å². The maximum absolute atomic E-state index is 12.8. The van der Waals surface area contributed by atoms with Gasteiger partial charge in [0.15, 0.2) is 0 Å². The summed E-state index contributed by atoms with van der Waals surface area (Å²) in [6.45, 7) is 6.74. The SMILES string of the molecule is CC(=O)C[C@]1(C)CC(=O)[C@@]2(C)C(C)=C[C@@H](O)C[C@H]2C1=O. The Kier molecular flexibility index (Phi) is 3.49. The molecule has 1 saturated carbocycles. The molecule has 20 heavy (non-hydrogen) atoms. The maximum atomic E-state index is 12.8. The zero-order valence-corrected chi connectivity index (χ0v) is 12.5. The van der Waals surface area contributed by atoms with Crippen molar-refractivity contribution < 1.29 is 19.5 Å². The molecule has 0 aliphatic heterocycles. The van der Waals surface area contributed by atoms with Crippen LogP contribution in [0, 0.1) is 16.7 Å². The van der Waals surface area contributed by atoms with Crippen LogP contribution in [0.1, 0.15) is 47.0 Å². The molecule has 2 rings (SSSR count). The van der Waals surface area contributed by atoms with E-state index in [0.717, 1.165) is 5.57 Å². The molecule has 0 spiro atoms. The predicted octanol–water partition coefficient (Wildman–Crippen LogP) is 1.85. The molecular weight excluding hydrogens is 256 g/mol. The van der Waals surface area contributed by atoms with E-state index < -0.39 is 22.9 Å². The Bertz CT molecular complexity index is 519. The highest BCUT2D eigenvalue weighted by molar-refractivity contribution is 6.05. The quantitative estimate of drug-likeness (QED) is 0.782. The standard InChI is InChI=1S/C16H22O4/c1-9-5-11(18)6-12-14(20)15(3,7-10(2)17)8-13(19)16(9,12)4/h5,11-12,18H,6-8H2,1-4H3/t11-,12+,15-,16+/m1/s1. The van der Waals surface area contributed by atoms with E-state index in [2.05, 4.69) is 0 Å². The van der Waals surface area contributed by atoms with Crippen molar-refractivity contribution in [2.24, 2.45) is 16.7 Å². The zero-order chi connectivity index (χ0) is 15.3. The number of allylic oxidation sites excluding steroid dienone is 1. The second-order valence-electron chi connectivity index (χ2n) is 6.81. The van der Waals surface area contributed by atoms with E-state index in [1.807, 2.05) is 0 Å². The molecule has 110 valence electrons. The lowest BCUT2D eigenvalue weighted by molar-refractivity contribution is -0.155. The summed E-state index contributed by atoms with van der Waals surface area (Å²) in [5, 5.41) is 9.88. The average Bonchev–Trinajstić information content (AvgIpc) is 2.29. The molecule has 1 fully saturated rings. The van der Waals surface area contributed by atoms with Crippen molar-refractivity contribution in [3.63, 3.8) is 0 Å². The van der Waals surface area contributed by atoms with Crippen molar-refractivity contribution in [2.45, 2.75) is 53.1 Å². The molecule has 0 aromatic rings. The van der Waals surface area contributed by atoms with Crippen molar-refractivity contribution in [2.75, 3.05) is 0 Å². The minimum atomic E-state index is -0.912. The minimum Gasteiger partial charge on any atom is -0.389 e. The Labute approximate surface area is 119 Å². The molecule has 4 nitrogen and oxygen atoms in total. The molecule has 0 aromatic carbocycles. The van der Waals surface area contributed by atoms with E-state index in [9.17, 15) is 19.5 Å². The highest BCUT2D eigenvalue weighted by Crippen LogP contribution is 2.53. The van der Waals surface area contributed by atoms with Crippen molar-refractivity contribution in [3.8, 4) is 0 Å². The Morgan fingerprint density at radius 1 is 1.40 bits per heavy atom. The number of rotatable bonds is 2. The third-order valence-corrected chi connectivity index (χ3v) is 5.12. The Morgan fingerprint density at radius 2 is 2.00 bits per heavy atom. The van der Waals surface area contributed by atoms with Crippen LogP contribution < -0.4 is 0 Å². The lowest BCUT2D eigenvalue weighted by Crippen LogP contribution is -2.56. The molecule has 4 heteroatoms. The number of hydrogen-bond donors (Lipinski definition) is 1. The van der Waals surface area contributed by atoms with Gasteiger partial charge in [-0.1, -0.05) is 18.6 Å². The van der Waals surface area contributed by atoms with Gasteiger partial charge in [0.25, 0.3) is 0 Å². The number of hydrogen-bond acceptors (Lipinski definition) is 4. The molecule has 0 amide bonds. The number of carbonyl (C=O) groups is 3. The normalized spacial score (nSPS) is 41.1. The van der Waals surface area contributed by atoms with Crippen molar-refractivity contribution in [3.05, 3.63) is 11.6 Å². The van der Waals surface area contributed by atoms with Crippen LogP contribution >= 0.6 is 0 Å². The summed E-state index contributed by atoms with van der Waals surface area (Å²) in [5.41, 5.74) is -0.957. The summed E-state index contributed by atoms with van der Waals surface area (Å²) in [7, 11) is 0. The Morgan fingerprint density at radius 3 is 2.55 bits per heavy atom. The number of Topliss-reactive ketones (excluding diaryl/α,β-unsaturated/α-hetero) is 3. The van der Waals surface area contributed by atoms with Gasteiger partial charge in [-0.3, -0.25) is 14.4 Å². The van der Waals surface area contributed by atoms with Gasteiger partial charge in [-0.15, -0.1) is 0 Å². The summed E-state index contributed by atoms with van der Waals surface area (Å²) in [6.07, 6.45) is 1.47. The molecule has 2 aliphatic carbocycles. The predicted molar refractivity (Wildman–Crippen MR) is 74.0 cm³/mol. The minimum absolute atomic E-state index is 0.00602. The first-order valence-electron chi connectivity index (χ1n) is 7.05. The van der Waals surface area contributed by atoms with Crippen molar-refractivity contribution >= 4 is 17.3 Å². The molecule has 0 heterocycles. The van der Waals surface area contributed by atoms with Crippen LogP contribution in [0.3, 0.4) is 0 Å². The van der Waals surface area contributed by atoms with Crippen LogP contribution in [0.25, 0.3) is 0 Å². The van der Waals surface area contributed by atoms with Gasteiger partial charge in [0.05, 0.1) is 11.5 Å². The smallest absolute Gasteiger partial charge is 0.144 e. The van der Waals surface area contributed by atoms with Crippen molar-refractivity contribution in [1.82, 2.24) is 0 Å². The summed E-state index contributed by atoms with van der Waals surface area (Å²) < 4.78 is 0. The number of fused-ring (bicyclic) bond motifs is 1. The third-order valence-electron chi connectivity index (χ3n) is 5.12. The van der Waals surface area contributed by atoms with Crippen LogP contribution in [0.4, 0.5) is 0 Å². The fraction of sp³-hybridized carbons (Fsp3) is 0.688. The van der Waals surface area contributed by atoms with Gasteiger partial charge in [-0.2, -0.15) is 0 Å².